The van der Waals surface area contributed by atoms with Gasteiger partial charge < -0.3 is 9.64 Å². The number of para-hydroxylation sites is 1. The number of halogens is 2. The van der Waals surface area contributed by atoms with E-state index >= 15 is 0 Å². The van der Waals surface area contributed by atoms with E-state index in [4.69, 9.17) is 9.72 Å². The predicted octanol–water partition coefficient (Wildman–Crippen LogP) is 5.23. The fourth-order valence-electron chi connectivity index (χ4n) is 3.36. The molecule has 3 rings (SSSR count). The first-order valence-electron chi connectivity index (χ1n) is 10.2. The topological polar surface area (TPSA) is 45.7 Å². The Morgan fingerprint density at radius 1 is 1.13 bits per heavy atom. The van der Waals surface area contributed by atoms with Gasteiger partial charge in [0.15, 0.2) is 23.3 Å². The first kappa shape index (κ1) is 25.0. The van der Waals surface area contributed by atoms with Gasteiger partial charge in [-0.25, -0.2) is 9.37 Å². The van der Waals surface area contributed by atoms with E-state index < -0.39 is 5.82 Å². The number of anilines is 1. The zero-order valence-electron chi connectivity index (χ0n) is 18.4. The molecule has 0 atom stereocenters. The number of ether oxygens (including phenoxy) is 1. The Kier molecular flexibility index (Phi) is 9.22. The van der Waals surface area contributed by atoms with Crippen molar-refractivity contribution in [2.24, 2.45) is 0 Å². The molecule has 1 heterocycles. The molecule has 8 heteroatoms. The fourth-order valence-corrected chi connectivity index (χ4v) is 4.55. The van der Waals surface area contributed by atoms with Crippen LogP contribution in [0.2, 0.25) is 0 Å². The summed E-state index contributed by atoms with van der Waals surface area (Å²) in [6, 6.07) is 10.3. The molecule has 0 saturated carbocycles. The molecule has 0 aliphatic rings. The first-order chi connectivity index (χ1) is 14.4. The highest BCUT2D eigenvalue weighted by molar-refractivity contribution is 7.22. The summed E-state index contributed by atoms with van der Waals surface area (Å²) in [6.07, 6.45) is 0. The quantitative estimate of drug-likeness (QED) is 0.434. The van der Waals surface area contributed by atoms with Crippen LogP contribution in [-0.4, -0.2) is 48.6 Å². The number of aryl methyl sites for hydroxylation is 2. The van der Waals surface area contributed by atoms with Crippen LogP contribution < -0.4 is 9.64 Å². The number of aromatic nitrogens is 1. The molecule has 168 valence electrons. The van der Waals surface area contributed by atoms with Gasteiger partial charge in [0.25, 0.3) is 5.91 Å². The largest absolute Gasteiger partial charge is 0.481 e. The minimum atomic E-state index is -0.480. The number of likely N-dealkylation sites (N-methyl/N-ethyl adjacent to an activating group) is 1. The smallest absolute Gasteiger partial charge is 0.266 e. The lowest BCUT2D eigenvalue weighted by Gasteiger charge is -2.24. The van der Waals surface area contributed by atoms with Gasteiger partial charge in [-0.15, -0.1) is 12.4 Å². The number of carbonyl (C=O) groups is 1. The molecule has 0 saturated heterocycles. The van der Waals surface area contributed by atoms with E-state index in [0.717, 1.165) is 35.4 Å². The second-order valence-electron chi connectivity index (χ2n) is 7.22. The molecule has 2 aromatic carbocycles. The standard InChI is InChI=1S/C23H28FN3O2S.ClH/c1-5-26(6-2)11-12-27(21(28)15-29-19-10-8-7-9-18(19)24)23-25-22-17(4)13-16(3)14-20(22)30-23;/h7-10,13-14H,5-6,11-12,15H2,1-4H3;1H. The van der Waals surface area contributed by atoms with Crippen molar-refractivity contribution in [3.05, 3.63) is 53.3 Å². The molecule has 0 aliphatic carbocycles. The van der Waals surface area contributed by atoms with Crippen LogP contribution in [0.3, 0.4) is 0 Å². The van der Waals surface area contributed by atoms with Gasteiger partial charge in [0, 0.05) is 13.1 Å². The zero-order valence-corrected chi connectivity index (χ0v) is 20.0. The Morgan fingerprint density at radius 3 is 2.52 bits per heavy atom. The van der Waals surface area contributed by atoms with E-state index in [9.17, 15) is 9.18 Å². The molecular weight excluding hydrogens is 437 g/mol. The van der Waals surface area contributed by atoms with Crippen molar-refractivity contribution >= 4 is 45.0 Å². The number of hydrogen-bond acceptors (Lipinski definition) is 5. The highest BCUT2D eigenvalue weighted by atomic mass is 35.5. The number of amides is 1. The number of fused-ring (bicyclic) bond motifs is 1. The number of nitrogens with zero attached hydrogens (tertiary/aromatic N) is 3. The Balaban J connectivity index is 0.00000341. The minimum Gasteiger partial charge on any atom is -0.481 e. The average Bonchev–Trinajstić information content (AvgIpc) is 3.14. The summed E-state index contributed by atoms with van der Waals surface area (Å²) in [7, 11) is 0. The van der Waals surface area contributed by atoms with Gasteiger partial charge in [-0.1, -0.05) is 43.4 Å². The van der Waals surface area contributed by atoms with E-state index in [1.54, 1.807) is 17.0 Å². The lowest BCUT2D eigenvalue weighted by Crippen LogP contribution is -2.41. The maximum absolute atomic E-state index is 13.9. The molecule has 0 spiro atoms. The minimum absolute atomic E-state index is 0. The van der Waals surface area contributed by atoms with E-state index in [-0.39, 0.29) is 30.7 Å². The first-order valence-corrected chi connectivity index (χ1v) is 11.0. The van der Waals surface area contributed by atoms with Crippen molar-refractivity contribution < 1.29 is 13.9 Å². The SMILES string of the molecule is CCN(CC)CCN(C(=O)COc1ccccc1F)c1nc2c(C)cc(C)cc2s1.Cl. The zero-order chi connectivity index (χ0) is 21.7. The molecule has 3 aromatic rings. The average molecular weight is 466 g/mol. The Labute approximate surface area is 193 Å². The number of carbonyl (C=O) groups excluding carboxylic acids is 1. The van der Waals surface area contributed by atoms with Gasteiger partial charge in [0.1, 0.15) is 0 Å². The molecule has 0 bridgehead atoms. The van der Waals surface area contributed by atoms with Crippen LogP contribution in [0.5, 0.6) is 5.75 Å². The summed E-state index contributed by atoms with van der Waals surface area (Å²) in [5, 5.41) is 0.646. The lowest BCUT2D eigenvalue weighted by atomic mass is 10.1. The van der Waals surface area contributed by atoms with Gasteiger partial charge in [-0.3, -0.25) is 9.69 Å². The number of thiazole rings is 1. The monoisotopic (exact) mass is 465 g/mol. The molecule has 0 unspecified atom stereocenters. The highest BCUT2D eigenvalue weighted by Crippen LogP contribution is 2.32. The summed E-state index contributed by atoms with van der Waals surface area (Å²) >= 11 is 1.50. The van der Waals surface area contributed by atoms with E-state index in [2.05, 4.69) is 37.8 Å². The van der Waals surface area contributed by atoms with Crippen molar-refractivity contribution in [3.8, 4) is 5.75 Å². The van der Waals surface area contributed by atoms with E-state index in [1.807, 2.05) is 6.92 Å². The van der Waals surface area contributed by atoms with Crippen LogP contribution in [0.25, 0.3) is 10.2 Å². The third-order valence-electron chi connectivity index (χ3n) is 5.07. The highest BCUT2D eigenvalue weighted by Gasteiger charge is 2.22. The fraction of sp³-hybridized carbons (Fsp3) is 0.391. The van der Waals surface area contributed by atoms with Crippen molar-refractivity contribution in [1.82, 2.24) is 9.88 Å². The Hall–Kier alpha value is -2.22. The molecule has 31 heavy (non-hydrogen) atoms. The van der Waals surface area contributed by atoms with Crippen LogP contribution in [0, 0.1) is 19.7 Å². The molecule has 0 fully saturated rings. The van der Waals surface area contributed by atoms with Crippen molar-refractivity contribution in [1.29, 1.82) is 0 Å². The van der Waals surface area contributed by atoms with Crippen LogP contribution in [0.1, 0.15) is 25.0 Å². The van der Waals surface area contributed by atoms with Crippen LogP contribution in [-0.2, 0) is 4.79 Å². The van der Waals surface area contributed by atoms with Gasteiger partial charge in [0.05, 0.1) is 10.2 Å². The number of benzene rings is 2. The predicted molar refractivity (Wildman–Crippen MR) is 128 cm³/mol. The Morgan fingerprint density at radius 2 is 1.84 bits per heavy atom. The van der Waals surface area contributed by atoms with Crippen molar-refractivity contribution in [3.63, 3.8) is 0 Å². The van der Waals surface area contributed by atoms with E-state index in [0.29, 0.717) is 11.7 Å². The summed E-state index contributed by atoms with van der Waals surface area (Å²) in [5.74, 6) is -0.643. The van der Waals surface area contributed by atoms with Gasteiger partial charge in [-0.05, 0) is 56.3 Å². The molecule has 1 amide bonds. The van der Waals surface area contributed by atoms with Crippen molar-refractivity contribution in [2.75, 3.05) is 37.7 Å². The molecule has 0 N–H and O–H groups in total. The van der Waals surface area contributed by atoms with Gasteiger partial charge in [0.2, 0.25) is 0 Å². The summed E-state index contributed by atoms with van der Waals surface area (Å²) in [5.41, 5.74) is 3.17. The van der Waals surface area contributed by atoms with Crippen molar-refractivity contribution in [2.45, 2.75) is 27.7 Å². The normalized spacial score (nSPS) is 10.9. The second-order valence-corrected chi connectivity index (χ2v) is 8.23. The van der Waals surface area contributed by atoms with E-state index in [1.165, 1.54) is 29.0 Å². The third-order valence-corrected chi connectivity index (χ3v) is 6.10. The number of hydrogen-bond donors (Lipinski definition) is 0. The summed E-state index contributed by atoms with van der Waals surface area (Å²) in [4.78, 5) is 21.7. The van der Waals surface area contributed by atoms with Crippen LogP contribution >= 0.6 is 23.7 Å². The molecule has 5 nitrogen and oxygen atoms in total. The summed E-state index contributed by atoms with van der Waals surface area (Å²) in [6.45, 7) is 11.1. The maximum atomic E-state index is 13.9. The second kappa shape index (κ2) is 11.4. The maximum Gasteiger partial charge on any atom is 0.266 e. The van der Waals surface area contributed by atoms with Crippen LogP contribution in [0.4, 0.5) is 9.52 Å². The Bertz CT molecular complexity index is 1020. The third kappa shape index (κ3) is 6.15. The number of rotatable bonds is 9. The molecule has 0 aliphatic heterocycles. The van der Waals surface area contributed by atoms with Gasteiger partial charge >= 0.3 is 0 Å². The molecule has 1 aromatic heterocycles. The van der Waals surface area contributed by atoms with Gasteiger partial charge in [-0.2, -0.15) is 0 Å². The lowest BCUT2D eigenvalue weighted by molar-refractivity contribution is -0.120. The van der Waals surface area contributed by atoms with Crippen LogP contribution in [0.15, 0.2) is 36.4 Å². The molecular formula is C23H29ClFN3O2S. The molecule has 0 radical (unpaired) electrons. The summed E-state index contributed by atoms with van der Waals surface area (Å²) < 4.78 is 20.4.